The number of methoxy groups -OCH3 is 2. The largest absolute Gasteiger partial charge is 0.504 e. The first-order chi connectivity index (χ1) is 22.9. The molecule has 1 saturated heterocycles. The molecule has 2 fully saturated rings. The fourth-order valence-corrected chi connectivity index (χ4v) is 8.58. The monoisotopic (exact) mass is 803 g/mol. The van der Waals surface area contributed by atoms with Crippen molar-refractivity contribution < 1.29 is 24.2 Å². The number of halogens is 3. The zero-order valence-electron chi connectivity index (χ0n) is 25.7. The predicted molar refractivity (Wildman–Crippen MR) is 186 cm³/mol. The lowest BCUT2D eigenvalue weighted by atomic mass is 9.53. The van der Waals surface area contributed by atoms with Crippen molar-refractivity contribution in [3.8, 4) is 17.2 Å². The maximum Gasteiger partial charge on any atom is 0.347 e. The summed E-state index contributed by atoms with van der Waals surface area (Å²) in [5.41, 5.74) is 2.42. The van der Waals surface area contributed by atoms with E-state index in [1.807, 2.05) is 28.7 Å². The average molecular weight is 804 g/mol. The van der Waals surface area contributed by atoms with E-state index in [1.165, 1.54) is 36.7 Å². The number of hydrogen-bond donors (Lipinski definition) is 2. The number of amides is 2. The minimum Gasteiger partial charge on any atom is -0.504 e. The van der Waals surface area contributed by atoms with Gasteiger partial charge < -0.3 is 14.6 Å². The number of carbonyl (C=O) groups is 2. The Morgan fingerprint density at radius 2 is 1.71 bits per heavy atom. The highest BCUT2D eigenvalue weighted by atomic mass is 127. The molecule has 15 heteroatoms. The number of allylic oxidation sites excluding steroid dienone is 2. The lowest BCUT2D eigenvalue weighted by Gasteiger charge is -2.49. The van der Waals surface area contributed by atoms with E-state index in [-0.39, 0.29) is 35.2 Å². The number of carbonyl (C=O) groups excluding carboxylic acids is 2. The van der Waals surface area contributed by atoms with Gasteiger partial charge in [-0.15, -0.1) is 0 Å². The molecule has 1 aromatic heterocycles. The number of hydrogen-bond acceptors (Lipinski definition) is 8. The molecule has 0 unspecified atom stereocenters. The number of imide groups is 1. The highest BCUT2D eigenvalue weighted by Crippen LogP contribution is 2.62. The number of aromatic hydroxyl groups is 1. The zero-order chi connectivity index (χ0) is 34.2. The molecule has 1 aliphatic carbocycles. The van der Waals surface area contributed by atoms with Gasteiger partial charge in [0, 0.05) is 18.0 Å². The topological polar surface area (TPSA) is 137 Å². The lowest BCUT2D eigenvalue weighted by Crippen LogP contribution is -2.53. The number of rotatable bonds is 6. The van der Waals surface area contributed by atoms with Crippen molar-refractivity contribution in [1.29, 1.82) is 0 Å². The smallest absolute Gasteiger partial charge is 0.347 e. The molecule has 1 saturated carbocycles. The van der Waals surface area contributed by atoms with Gasteiger partial charge in [0.05, 0.1) is 52.4 Å². The number of aromatic nitrogens is 3. The van der Waals surface area contributed by atoms with Crippen molar-refractivity contribution in [1.82, 2.24) is 18.9 Å². The van der Waals surface area contributed by atoms with Gasteiger partial charge in [-0.25, -0.2) is 23.5 Å². The Morgan fingerprint density at radius 3 is 2.38 bits per heavy atom. The molecule has 3 aromatic carbocycles. The zero-order valence-corrected chi connectivity index (χ0v) is 29.4. The van der Waals surface area contributed by atoms with E-state index in [4.69, 9.17) is 32.7 Å². The molecular weight excluding hydrogens is 776 g/mol. The molecule has 3 aliphatic rings. The first-order valence-corrected chi connectivity index (χ1v) is 16.7. The van der Waals surface area contributed by atoms with Crippen LogP contribution in [0.1, 0.15) is 29.5 Å². The van der Waals surface area contributed by atoms with Crippen LogP contribution in [0.25, 0.3) is 0 Å². The molecule has 2 amide bonds. The summed E-state index contributed by atoms with van der Waals surface area (Å²) in [5.74, 6) is -2.35. The van der Waals surface area contributed by atoms with Gasteiger partial charge in [0.1, 0.15) is 5.75 Å². The Balaban J connectivity index is 1.53. The number of phenolic OH excluding ortho intramolecular Hbond substituents is 1. The van der Waals surface area contributed by atoms with E-state index >= 15 is 4.79 Å². The van der Waals surface area contributed by atoms with Crippen LogP contribution in [0, 0.1) is 9.49 Å². The third-order valence-corrected chi connectivity index (χ3v) is 11.0. The van der Waals surface area contributed by atoms with Crippen molar-refractivity contribution in [3.63, 3.8) is 0 Å². The lowest BCUT2D eigenvalue weighted by molar-refractivity contribution is -0.138. The Kier molecular flexibility index (Phi) is 7.91. The normalized spacial score (nSPS) is 22.9. The standard InChI is InChI=1S/C33H28Cl2IN5O7/c1-38-31(45)39-11-10-20-25(41(39)32(38)46)15-21-29(43)40(37-24-9-6-18(34)14-22(24)35)30(44)33(21,17-4-7-19(47-2)8-5-17)27(20)16-12-23(36)28(42)26(13-16)48-3/h4-10,12-14,21,25,27,37,42H,11,15H2,1-3H3/t21-,25+,27-,33+/m0/s1. The predicted octanol–water partition coefficient (Wildman–Crippen LogP) is 4.60. The summed E-state index contributed by atoms with van der Waals surface area (Å²) < 4.78 is 15.2. The number of anilines is 1. The first kappa shape index (κ1) is 32.3. The van der Waals surface area contributed by atoms with Crippen LogP contribution in [0.4, 0.5) is 5.69 Å². The van der Waals surface area contributed by atoms with Gasteiger partial charge in [-0.2, -0.15) is 5.01 Å². The van der Waals surface area contributed by atoms with E-state index in [1.54, 1.807) is 48.5 Å². The molecule has 2 N–H and O–H groups in total. The van der Waals surface area contributed by atoms with Crippen LogP contribution in [0.2, 0.25) is 10.0 Å². The molecule has 3 heterocycles. The third kappa shape index (κ3) is 4.54. The molecule has 4 aromatic rings. The van der Waals surface area contributed by atoms with Crippen LogP contribution in [-0.2, 0) is 28.6 Å². The number of fused-ring (bicyclic) bond motifs is 4. The molecule has 4 atom stereocenters. The summed E-state index contributed by atoms with van der Waals surface area (Å²) in [6.45, 7) is 0.0669. The average Bonchev–Trinajstić information content (AvgIpc) is 3.43. The molecule has 0 spiro atoms. The summed E-state index contributed by atoms with van der Waals surface area (Å²) in [4.78, 5) is 56.6. The Labute approximate surface area is 297 Å². The van der Waals surface area contributed by atoms with Crippen molar-refractivity contribution in [2.45, 2.75) is 30.3 Å². The van der Waals surface area contributed by atoms with Crippen LogP contribution in [0.3, 0.4) is 0 Å². The third-order valence-electron chi connectivity index (χ3n) is 9.64. The molecule has 7 rings (SSSR count). The molecule has 12 nitrogen and oxygen atoms in total. The second-order valence-electron chi connectivity index (χ2n) is 11.9. The van der Waals surface area contributed by atoms with Gasteiger partial charge in [0.25, 0.3) is 11.8 Å². The number of nitrogens with one attached hydrogen (secondary N) is 1. The molecule has 0 radical (unpaired) electrons. The van der Waals surface area contributed by atoms with Crippen molar-refractivity contribution >= 4 is 63.3 Å². The number of ether oxygens (including phenoxy) is 2. The van der Waals surface area contributed by atoms with Gasteiger partial charge in [-0.3, -0.25) is 15.0 Å². The number of hydrazine groups is 1. The summed E-state index contributed by atoms with van der Waals surface area (Å²) >= 11 is 14.6. The minimum absolute atomic E-state index is 0.0289. The number of phenols is 1. The van der Waals surface area contributed by atoms with Crippen molar-refractivity contribution in [2.24, 2.45) is 13.0 Å². The van der Waals surface area contributed by atoms with Crippen molar-refractivity contribution in [3.05, 3.63) is 112 Å². The fraction of sp³-hybridized carbons (Fsp3) is 0.273. The Hall–Kier alpha value is -4.21. The van der Waals surface area contributed by atoms with E-state index in [2.05, 4.69) is 5.43 Å². The van der Waals surface area contributed by atoms with Crippen LogP contribution in [0.15, 0.2) is 75.8 Å². The highest BCUT2D eigenvalue weighted by molar-refractivity contribution is 14.1. The molecule has 48 heavy (non-hydrogen) atoms. The van der Waals surface area contributed by atoms with E-state index in [0.717, 1.165) is 9.58 Å². The number of nitrogens with zero attached hydrogens (tertiary/aromatic N) is 4. The fourth-order valence-electron chi connectivity index (χ4n) is 7.51. The molecule has 2 aliphatic heterocycles. The minimum atomic E-state index is -1.57. The SMILES string of the molecule is COc1ccc([C@@]23C(=O)N(Nc4ccc(Cl)cc4Cl)C(=O)[C@@H]2C[C@@H]2C(=CCn4c(=O)n(C)c(=O)n42)[C@@H]3c2cc(I)c(O)c(OC)c2)cc1. The Morgan fingerprint density at radius 1 is 0.979 bits per heavy atom. The molecule has 248 valence electrons. The van der Waals surface area contributed by atoms with E-state index in [9.17, 15) is 19.5 Å². The van der Waals surface area contributed by atoms with Crippen LogP contribution < -0.4 is 26.3 Å². The van der Waals surface area contributed by atoms with Gasteiger partial charge in [-0.05, 0) is 88.2 Å². The summed E-state index contributed by atoms with van der Waals surface area (Å²) in [6.07, 6.45) is 1.88. The van der Waals surface area contributed by atoms with Gasteiger partial charge in [0.2, 0.25) is 0 Å². The van der Waals surface area contributed by atoms with Crippen LogP contribution >= 0.6 is 45.8 Å². The summed E-state index contributed by atoms with van der Waals surface area (Å²) in [5, 5.41) is 12.4. The summed E-state index contributed by atoms with van der Waals surface area (Å²) in [7, 11) is 4.36. The maximum absolute atomic E-state index is 15.2. The van der Waals surface area contributed by atoms with Gasteiger partial charge in [0.15, 0.2) is 11.5 Å². The van der Waals surface area contributed by atoms with Gasteiger partial charge >= 0.3 is 11.4 Å². The van der Waals surface area contributed by atoms with Crippen LogP contribution in [-0.4, -0.2) is 50.1 Å². The number of benzene rings is 3. The second kappa shape index (κ2) is 11.7. The molecular formula is C33H28Cl2IN5O7. The van der Waals surface area contributed by atoms with Gasteiger partial charge in [-0.1, -0.05) is 41.4 Å². The van der Waals surface area contributed by atoms with Crippen LogP contribution in [0.5, 0.6) is 17.2 Å². The first-order valence-electron chi connectivity index (χ1n) is 14.8. The summed E-state index contributed by atoms with van der Waals surface area (Å²) in [6, 6.07) is 14.3. The second-order valence-corrected chi connectivity index (χ2v) is 13.9. The quantitative estimate of drug-likeness (QED) is 0.164. The van der Waals surface area contributed by atoms with E-state index in [0.29, 0.717) is 31.0 Å². The van der Waals surface area contributed by atoms with Crippen molar-refractivity contribution in [2.75, 3.05) is 19.6 Å². The highest BCUT2D eigenvalue weighted by Gasteiger charge is 2.69. The maximum atomic E-state index is 15.2. The Bertz CT molecular complexity index is 2180. The molecule has 0 bridgehead atoms. The van der Waals surface area contributed by atoms with E-state index < -0.39 is 46.5 Å².